The lowest BCUT2D eigenvalue weighted by molar-refractivity contribution is -0.118. The molecule has 0 atom stereocenters. The number of aromatic nitrogens is 3. The number of fused-ring (bicyclic) bond motifs is 1. The largest absolute Gasteiger partial charge is 0.315 e. The van der Waals surface area contributed by atoms with E-state index in [0.717, 1.165) is 44.0 Å². The quantitative estimate of drug-likeness (QED) is 0.638. The molecule has 136 valence electrons. The van der Waals surface area contributed by atoms with E-state index in [4.69, 9.17) is 0 Å². The number of benzene rings is 1. The number of halogens is 1. The molecule has 0 saturated heterocycles. The molecule has 0 fully saturated rings. The second-order valence-corrected chi connectivity index (χ2v) is 7.62. The van der Waals surface area contributed by atoms with Crippen molar-refractivity contribution in [3.05, 3.63) is 56.9 Å². The Bertz CT molecular complexity index is 993. The van der Waals surface area contributed by atoms with Gasteiger partial charge in [-0.3, -0.25) is 4.79 Å². The van der Waals surface area contributed by atoms with Crippen LogP contribution in [0.2, 0.25) is 0 Å². The Labute approximate surface area is 162 Å². The summed E-state index contributed by atoms with van der Waals surface area (Å²) in [5.41, 5.74) is 6.91. The molecule has 0 aliphatic carbocycles. The van der Waals surface area contributed by atoms with Crippen molar-refractivity contribution in [1.82, 2.24) is 14.6 Å². The summed E-state index contributed by atoms with van der Waals surface area (Å²) in [6.45, 7) is 8.01. The highest BCUT2D eigenvalue weighted by Crippen LogP contribution is 2.24. The lowest BCUT2D eigenvalue weighted by Crippen LogP contribution is -2.27. The van der Waals surface area contributed by atoms with Gasteiger partial charge in [-0.15, -0.1) is 0 Å². The third kappa shape index (κ3) is 3.51. The predicted octanol–water partition coefficient (Wildman–Crippen LogP) is 4.32. The monoisotopic (exact) mass is 414 g/mol. The summed E-state index contributed by atoms with van der Waals surface area (Å²) in [4.78, 5) is 19.1. The fraction of sp³-hybridized carbons (Fsp3) is 0.350. The number of carbonyl (C=O) groups is 1. The van der Waals surface area contributed by atoms with Gasteiger partial charge >= 0.3 is 0 Å². The molecule has 5 nitrogen and oxygen atoms in total. The third-order valence-electron chi connectivity index (χ3n) is 4.77. The van der Waals surface area contributed by atoms with Crippen LogP contribution in [0.25, 0.3) is 5.65 Å². The van der Waals surface area contributed by atoms with Gasteiger partial charge < -0.3 is 4.90 Å². The van der Waals surface area contributed by atoms with Crippen LogP contribution in [0.3, 0.4) is 0 Å². The van der Waals surface area contributed by atoms with Gasteiger partial charge in [0.2, 0.25) is 5.91 Å². The fourth-order valence-corrected chi connectivity index (χ4v) is 3.81. The molecule has 2 aromatic heterocycles. The van der Waals surface area contributed by atoms with Crippen LogP contribution in [-0.2, 0) is 11.2 Å². The molecule has 0 bridgehead atoms. The van der Waals surface area contributed by atoms with Crippen LogP contribution in [0.5, 0.6) is 0 Å². The maximum absolute atomic E-state index is 12.7. The van der Waals surface area contributed by atoms with Gasteiger partial charge in [-0.05, 0) is 63.4 Å². The molecule has 0 aliphatic heterocycles. The molecule has 26 heavy (non-hydrogen) atoms. The SMILES string of the molecule is Cc1cc2nc(C)c(CCC(=O)N(C)c3ccc(Br)cc3C)c(C)n2n1. The van der Waals surface area contributed by atoms with Crippen molar-refractivity contribution in [1.29, 1.82) is 0 Å². The summed E-state index contributed by atoms with van der Waals surface area (Å²) >= 11 is 3.46. The minimum absolute atomic E-state index is 0.0889. The van der Waals surface area contributed by atoms with E-state index in [0.29, 0.717) is 12.8 Å². The van der Waals surface area contributed by atoms with Gasteiger partial charge in [0, 0.05) is 41.1 Å². The van der Waals surface area contributed by atoms with Crippen LogP contribution in [0.15, 0.2) is 28.7 Å². The smallest absolute Gasteiger partial charge is 0.227 e. The number of rotatable bonds is 4. The Morgan fingerprint density at radius 3 is 2.62 bits per heavy atom. The van der Waals surface area contributed by atoms with E-state index in [1.165, 1.54) is 0 Å². The van der Waals surface area contributed by atoms with E-state index in [9.17, 15) is 4.79 Å². The van der Waals surface area contributed by atoms with Gasteiger partial charge in [0.1, 0.15) is 0 Å². The number of aryl methyl sites for hydroxylation is 4. The fourth-order valence-electron chi connectivity index (χ4n) is 3.33. The average molecular weight is 415 g/mol. The first-order valence-corrected chi connectivity index (χ1v) is 9.42. The zero-order valence-electron chi connectivity index (χ0n) is 15.8. The zero-order chi connectivity index (χ0) is 19.0. The molecule has 0 N–H and O–H groups in total. The first-order valence-electron chi connectivity index (χ1n) is 8.63. The zero-order valence-corrected chi connectivity index (χ0v) is 17.4. The van der Waals surface area contributed by atoms with Gasteiger partial charge in [-0.1, -0.05) is 15.9 Å². The van der Waals surface area contributed by atoms with E-state index in [1.54, 1.807) is 4.90 Å². The molecule has 3 aromatic rings. The lowest BCUT2D eigenvalue weighted by Gasteiger charge is -2.20. The molecule has 0 spiro atoms. The van der Waals surface area contributed by atoms with Crippen molar-refractivity contribution in [3.8, 4) is 0 Å². The number of nitrogens with zero attached hydrogens (tertiary/aromatic N) is 4. The van der Waals surface area contributed by atoms with Crippen LogP contribution in [0.1, 0.15) is 34.6 Å². The Kier molecular flexibility index (Phi) is 5.14. The van der Waals surface area contributed by atoms with E-state index < -0.39 is 0 Å². The molecule has 0 radical (unpaired) electrons. The Morgan fingerprint density at radius 2 is 1.92 bits per heavy atom. The van der Waals surface area contributed by atoms with Crippen molar-refractivity contribution in [2.24, 2.45) is 0 Å². The van der Waals surface area contributed by atoms with E-state index >= 15 is 0 Å². The first-order chi connectivity index (χ1) is 12.3. The molecule has 0 saturated carbocycles. The average Bonchev–Trinajstić information content (AvgIpc) is 2.94. The number of carbonyl (C=O) groups excluding carboxylic acids is 1. The van der Waals surface area contributed by atoms with Crippen LogP contribution >= 0.6 is 15.9 Å². The molecular weight excluding hydrogens is 392 g/mol. The summed E-state index contributed by atoms with van der Waals surface area (Å²) in [6, 6.07) is 7.91. The highest BCUT2D eigenvalue weighted by molar-refractivity contribution is 9.10. The maximum atomic E-state index is 12.7. The molecular formula is C20H23BrN4O. The molecule has 1 aromatic carbocycles. The Hall–Kier alpha value is -2.21. The number of hydrogen-bond acceptors (Lipinski definition) is 3. The number of amides is 1. The standard InChI is InChI=1S/C20H23BrN4O/c1-12-10-16(21)6-8-18(12)24(5)20(26)9-7-17-14(3)22-19-11-13(2)23-25(19)15(17)4/h6,8,10-11H,7,9H2,1-5H3. The molecule has 0 unspecified atom stereocenters. The molecule has 2 heterocycles. The summed E-state index contributed by atoms with van der Waals surface area (Å²) < 4.78 is 2.88. The van der Waals surface area contributed by atoms with Crippen LogP contribution < -0.4 is 4.90 Å². The van der Waals surface area contributed by atoms with Gasteiger partial charge in [0.15, 0.2) is 5.65 Å². The van der Waals surface area contributed by atoms with E-state index in [-0.39, 0.29) is 5.91 Å². The van der Waals surface area contributed by atoms with Crippen molar-refractivity contribution in [2.75, 3.05) is 11.9 Å². The van der Waals surface area contributed by atoms with E-state index in [1.807, 2.05) is 63.5 Å². The Balaban J connectivity index is 1.80. The number of anilines is 1. The van der Waals surface area contributed by atoms with Crippen molar-refractivity contribution < 1.29 is 4.79 Å². The summed E-state index contributed by atoms with van der Waals surface area (Å²) in [5.74, 6) is 0.0889. The van der Waals surface area contributed by atoms with Crippen LogP contribution in [0.4, 0.5) is 5.69 Å². The summed E-state index contributed by atoms with van der Waals surface area (Å²) in [5, 5.41) is 4.50. The molecule has 6 heteroatoms. The summed E-state index contributed by atoms with van der Waals surface area (Å²) in [7, 11) is 1.83. The highest BCUT2D eigenvalue weighted by Gasteiger charge is 2.16. The molecule has 0 aliphatic rings. The third-order valence-corrected chi connectivity index (χ3v) is 5.26. The second kappa shape index (κ2) is 7.19. The van der Waals surface area contributed by atoms with Crippen molar-refractivity contribution in [2.45, 2.75) is 40.5 Å². The normalized spacial score (nSPS) is 11.2. The van der Waals surface area contributed by atoms with Crippen molar-refractivity contribution >= 4 is 33.2 Å². The first kappa shape index (κ1) is 18.6. The van der Waals surface area contributed by atoms with E-state index in [2.05, 4.69) is 26.0 Å². The van der Waals surface area contributed by atoms with Crippen LogP contribution in [0, 0.1) is 27.7 Å². The Morgan fingerprint density at radius 1 is 1.19 bits per heavy atom. The topological polar surface area (TPSA) is 50.5 Å². The van der Waals surface area contributed by atoms with Gasteiger partial charge in [0.25, 0.3) is 0 Å². The van der Waals surface area contributed by atoms with Gasteiger partial charge in [-0.25, -0.2) is 9.50 Å². The van der Waals surface area contributed by atoms with Crippen LogP contribution in [-0.4, -0.2) is 27.6 Å². The van der Waals surface area contributed by atoms with Crippen molar-refractivity contribution in [3.63, 3.8) is 0 Å². The van der Waals surface area contributed by atoms with Gasteiger partial charge in [-0.2, -0.15) is 5.10 Å². The minimum atomic E-state index is 0.0889. The lowest BCUT2D eigenvalue weighted by atomic mass is 10.1. The highest BCUT2D eigenvalue weighted by atomic mass is 79.9. The molecule has 3 rings (SSSR count). The predicted molar refractivity (Wildman–Crippen MR) is 108 cm³/mol. The molecule has 1 amide bonds. The van der Waals surface area contributed by atoms with Gasteiger partial charge in [0.05, 0.1) is 5.69 Å². The maximum Gasteiger partial charge on any atom is 0.227 e. The number of hydrogen-bond donors (Lipinski definition) is 0. The minimum Gasteiger partial charge on any atom is -0.315 e. The summed E-state index contributed by atoms with van der Waals surface area (Å²) in [6.07, 6.45) is 1.08. The second-order valence-electron chi connectivity index (χ2n) is 6.70.